The van der Waals surface area contributed by atoms with E-state index in [2.05, 4.69) is 5.32 Å². The number of benzene rings is 2. The van der Waals surface area contributed by atoms with E-state index in [0.29, 0.717) is 5.06 Å². The third-order valence-corrected chi connectivity index (χ3v) is 5.81. The lowest BCUT2D eigenvalue weighted by Gasteiger charge is -2.22. The van der Waals surface area contributed by atoms with Crippen LogP contribution in [0.3, 0.4) is 0 Å². The molecular weight excluding hydrogens is 424 g/mol. The number of amides is 3. The number of rotatable bonds is 7. The molecule has 4 rings (SSSR count). The van der Waals surface area contributed by atoms with Gasteiger partial charge in [0.2, 0.25) is 0 Å². The predicted octanol–water partition coefficient (Wildman–Crippen LogP) is 3.55. The van der Waals surface area contributed by atoms with Crippen molar-refractivity contribution in [2.45, 2.75) is 45.1 Å². The molecule has 2 aromatic carbocycles. The molecule has 33 heavy (non-hydrogen) atoms. The first-order valence-corrected chi connectivity index (χ1v) is 11.0. The highest BCUT2D eigenvalue weighted by atomic mass is 16.7. The zero-order chi connectivity index (χ0) is 23.5. The molecule has 0 spiro atoms. The zero-order valence-corrected chi connectivity index (χ0v) is 18.6. The Kier molecular flexibility index (Phi) is 6.44. The van der Waals surface area contributed by atoms with Crippen LogP contribution in [0.5, 0.6) is 0 Å². The van der Waals surface area contributed by atoms with Gasteiger partial charge in [0.1, 0.15) is 12.6 Å². The van der Waals surface area contributed by atoms with Gasteiger partial charge in [-0.05, 0) is 34.6 Å². The fraction of sp³-hybridized carbons (Fsp3) is 0.360. The Morgan fingerprint density at radius 2 is 1.52 bits per heavy atom. The van der Waals surface area contributed by atoms with Crippen molar-refractivity contribution in [2.75, 3.05) is 6.61 Å². The average Bonchev–Trinajstić information content (AvgIpc) is 3.28. The summed E-state index contributed by atoms with van der Waals surface area (Å²) in [6.07, 6.45) is -0.501. The Morgan fingerprint density at radius 1 is 0.970 bits per heavy atom. The number of carbonyl (C=O) groups is 4. The highest BCUT2D eigenvalue weighted by Crippen LogP contribution is 2.44. The van der Waals surface area contributed by atoms with Gasteiger partial charge in [-0.15, -0.1) is 5.06 Å². The maximum absolute atomic E-state index is 12.6. The first-order valence-electron chi connectivity index (χ1n) is 11.0. The lowest BCUT2D eigenvalue weighted by atomic mass is 9.98. The number of hydrogen-bond acceptors (Lipinski definition) is 6. The van der Waals surface area contributed by atoms with E-state index in [9.17, 15) is 19.2 Å². The minimum absolute atomic E-state index is 0.000761. The SMILES string of the molecule is CC(C)C[C@@H](NC(=O)OCC1c2ccccc2-c2ccccc21)C(=O)ON1C(=O)CCC1=O. The van der Waals surface area contributed by atoms with E-state index in [1.54, 1.807) is 0 Å². The summed E-state index contributed by atoms with van der Waals surface area (Å²) in [7, 11) is 0. The fourth-order valence-electron chi connectivity index (χ4n) is 4.28. The summed E-state index contributed by atoms with van der Waals surface area (Å²) in [5.74, 6) is -2.09. The van der Waals surface area contributed by atoms with Gasteiger partial charge >= 0.3 is 12.1 Å². The number of hydrogen-bond donors (Lipinski definition) is 1. The molecule has 1 aliphatic heterocycles. The molecule has 0 radical (unpaired) electrons. The Balaban J connectivity index is 1.41. The van der Waals surface area contributed by atoms with Crippen LogP contribution in [0.4, 0.5) is 4.79 Å². The summed E-state index contributed by atoms with van der Waals surface area (Å²) in [5.41, 5.74) is 4.39. The molecule has 1 saturated heterocycles. The van der Waals surface area contributed by atoms with E-state index in [1.807, 2.05) is 62.4 Å². The van der Waals surface area contributed by atoms with Crippen LogP contribution < -0.4 is 5.32 Å². The van der Waals surface area contributed by atoms with Gasteiger partial charge in [-0.25, -0.2) is 9.59 Å². The van der Waals surface area contributed by atoms with Gasteiger partial charge in [0, 0.05) is 18.8 Å². The molecule has 1 N–H and O–H groups in total. The maximum Gasteiger partial charge on any atom is 0.407 e. The summed E-state index contributed by atoms with van der Waals surface area (Å²) < 4.78 is 5.51. The van der Waals surface area contributed by atoms with Gasteiger partial charge in [0.15, 0.2) is 0 Å². The summed E-state index contributed by atoms with van der Waals surface area (Å²) in [4.78, 5) is 53.7. The van der Waals surface area contributed by atoms with Gasteiger partial charge in [0.25, 0.3) is 11.8 Å². The van der Waals surface area contributed by atoms with Crippen LogP contribution in [0.2, 0.25) is 0 Å². The molecule has 0 aromatic heterocycles. The standard InChI is InChI=1S/C25H26N2O6/c1-15(2)13-21(24(30)33-27-22(28)11-12-23(27)29)26-25(31)32-14-20-18-9-5-3-7-16(18)17-8-4-6-10-19(17)20/h3-10,15,20-21H,11-14H2,1-2H3,(H,26,31)/t21-/m1/s1. The van der Waals surface area contributed by atoms with Crippen LogP contribution in [0.1, 0.15) is 50.2 Å². The zero-order valence-electron chi connectivity index (χ0n) is 18.6. The number of nitrogens with one attached hydrogen (secondary N) is 1. The van der Waals surface area contributed by atoms with Crippen molar-refractivity contribution in [1.29, 1.82) is 0 Å². The van der Waals surface area contributed by atoms with E-state index in [0.717, 1.165) is 22.3 Å². The normalized spacial score (nSPS) is 15.9. The fourth-order valence-corrected chi connectivity index (χ4v) is 4.28. The second-order valence-electron chi connectivity index (χ2n) is 8.64. The molecule has 1 fully saturated rings. The molecular formula is C25H26N2O6. The predicted molar refractivity (Wildman–Crippen MR) is 119 cm³/mol. The lowest BCUT2D eigenvalue weighted by Crippen LogP contribution is -2.46. The van der Waals surface area contributed by atoms with Crippen LogP contribution in [-0.2, 0) is 24.0 Å². The quantitative estimate of drug-likeness (QED) is 0.648. The van der Waals surface area contributed by atoms with Crippen molar-refractivity contribution in [1.82, 2.24) is 10.4 Å². The third kappa shape index (κ3) is 4.74. The number of nitrogens with zero attached hydrogens (tertiary/aromatic N) is 1. The van der Waals surface area contributed by atoms with Crippen molar-refractivity contribution < 1.29 is 28.8 Å². The minimum atomic E-state index is -1.05. The first-order chi connectivity index (χ1) is 15.8. The molecule has 1 aliphatic carbocycles. The molecule has 172 valence electrons. The molecule has 1 atom stereocenters. The summed E-state index contributed by atoms with van der Waals surface area (Å²) >= 11 is 0. The maximum atomic E-state index is 12.6. The average molecular weight is 450 g/mol. The van der Waals surface area contributed by atoms with Crippen molar-refractivity contribution >= 4 is 23.9 Å². The number of hydroxylamine groups is 2. The molecule has 8 nitrogen and oxygen atoms in total. The number of fused-ring (bicyclic) bond motifs is 3. The van der Waals surface area contributed by atoms with Gasteiger partial charge in [-0.1, -0.05) is 62.4 Å². The molecule has 2 aliphatic rings. The van der Waals surface area contributed by atoms with Crippen LogP contribution in [0, 0.1) is 5.92 Å². The van der Waals surface area contributed by atoms with Crippen molar-refractivity contribution in [3.63, 3.8) is 0 Å². The molecule has 0 unspecified atom stereocenters. The number of alkyl carbamates (subject to hydrolysis) is 1. The minimum Gasteiger partial charge on any atom is -0.449 e. The molecule has 1 heterocycles. The van der Waals surface area contributed by atoms with Gasteiger partial charge in [0.05, 0.1) is 0 Å². The number of imide groups is 1. The van der Waals surface area contributed by atoms with Crippen LogP contribution in [0.25, 0.3) is 11.1 Å². The molecule has 0 saturated carbocycles. The smallest absolute Gasteiger partial charge is 0.407 e. The summed E-state index contributed by atoms with van der Waals surface area (Å²) in [6.45, 7) is 3.87. The molecule has 2 aromatic rings. The Morgan fingerprint density at radius 3 is 2.06 bits per heavy atom. The van der Waals surface area contributed by atoms with E-state index >= 15 is 0 Å². The topological polar surface area (TPSA) is 102 Å². The summed E-state index contributed by atoms with van der Waals surface area (Å²) in [5, 5.41) is 3.02. The highest BCUT2D eigenvalue weighted by Gasteiger charge is 2.36. The Hall–Kier alpha value is -3.68. The third-order valence-electron chi connectivity index (χ3n) is 5.81. The molecule has 0 bridgehead atoms. The summed E-state index contributed by atoms with van der Waals surface area (Å²) in [6, 6.07) is 14.9. The van der Waals surface area contributed by atoms with Gasteiger partial charge in [-0.3, -0.25) is 9.59 Å². The van der Waals surface area contributed by atoms with Crippen LogP contribution in [-0.4, -0.2) is 41.6 Å². The van der Waals surface area contributed by atoms with Crippen LogP contribution >= 0.6 is 0 Å². The largest absolute Gasteiger partial charge is 0.449 e. The monoisotopic (exact) mass is 450 g/mol. The first kappa shape index (κ1) is 22.5. The number of carbonyl (C=O) groups excluding carboxylic acids is 4. The highest BCUT2D eigenvalue weighted by molar-refractivity contribution is 6.01. The van der Waals surface area contributed by atoms with E-state index in [-0.39, 0.29) is 37.7 Å². The lowest BCUT2D eigenvalue weighted by molar-refractivity contribution is -0.199. The van der Waals surface area contributed by atoms with E-state index in [1.165, 1.54) is 0 Å². The van der Waals surface area contributed by atoms with Crippen LogP contribution in [0.15, 0.2) is 48.5 Å². The second-order valence-corrected chi connectivity index (χ2v) is 8.64. The molecule has 3 amide bonds. The van der Waals surface area contributed by atoms with E-state index in [4.69, 9.17) is 9.57 Å². The van der Waals surface area contributed by atoms with Crippen molar-refractivity contribution in [3.8, 4) is 11.1 Å². The van der Waals surface area contributed by atoms with E-state index < -0.39 is 29.9 Å². The van der Waals surface area contributed by atoms with Crippen molar-refractivity contribution in [2.24, 2.45) is 5.92 Å². The van der Waals surface area contributed by atoms with Gasteiger partial charge in [-0.2, -0.15) is 0 Å². The second kappa shape index (κ2) is 9.44. The Labute approximate surface area is 191 Å². The van der Waals surface area contributed by atoms with Gasteiger partial charge < -0.3 is 14.9 Å². The Bertz CT molecular complexity index is 1030. The number of ether oxygens (including phenoxy) is 1. The molecule has 8 heteroatoms. The van der Waals surface area contributed by atoms with Crippen molar-refractivity contribution in [3.05, 3.63) is 59.7 Å².